The molecule has 0 saturated heterocycles. The molecular formula is C19H20ClNO4. The number of halogens is 1. The van der Waals surface area contributed by atoms with Crippen molar-refractivity contribution < 1.29 is 19.4 Å². The molecule has 0 saturated carbocycles. The van der Waals surface area contributed by atoms with Gasteiger partial charge in [-0.25, -0.2) is 0 Å². The lowest BCUT2D eigenvalue weighted by Crippen LogP contribution is -2.39. The Morgan fingerprint density at radius 3 is 2.96 bits per heavy atom. The molecule has 0 fully saturated rings. The molecule has 2 aromatic carbocycles. The van der Waals surface area contributed by atoms with Gasteiger partial charge < -0.3 is 19.9 Å². The third kappa shape index (κ3) is 4.24. The zero-order valence-electron chi connectivity index (χ0n) is 13.9. The maximum Gasteiger partial charge on any atom is 0.253 e. The Morgan fingerprint density at radius 2 is 2.20 bits per heavy atom. The molecule has 5 nitrogen and oxygen atoms in total. The van der Waals surface area contributed by atoms with Crippen molar-refractivity contribution in [3.05, 3.63) is 58.6 Å². The van der Waals surface area contributed by atoms with Gasteiger partial charge in [-0.2, -0.15) is 0 Å². The molecule has 25 heavy (non-hydrogen) atoms. The van der Waals surface area contributed by atoms with Crippen LogP contribution < -0.4 is 14.8 Å². The second-order valence-electron chi connectivity index (χ2n) is 5.98. The van der Waals surface area contributed by atoms with Gasteiger partial charge in [0.15, 0.2) is 6.10 Å². The van der Waals surface area contributed by atoms with Crippen LogP contribution in [0.25, 0.3) is 0 Å². The molecule has 1 aliphatic rings. The van der Waals surface area contributed by atoms with Gasteiger partial charge in [0.25, 0.3) is 5.91 Å². The van der Waals surface area contributed by atoms with Gasteiger partial charge in [0.05, 0.1) is 13.7 Å². The van der Waals surface area contributed by atoms with Gasteiger partial charge in [0.1, 0.15) is 11.5 Å². The van der Waals surface area contributed by atoms with Crippen molar-refractivity contribution in [2.24, 2.45) is 0 Å². The number of ether oxygens (including phenoxy) is 2. The van der Waals surface area contributed by atoms with E-state index in [1.807, 2.05) is 18.2 Å². The number of benzene rings is 2. The fourth-order valence-electron chi connectivity index (χ4n) is 2.89. The highest BCUT2D eigenvalue weighted by molar-refractivity contribution is 6.30. The first-order chi connectivity index (χ1) is 12.1. The molecule has 1 amide bonds. The molecule has 132 valence electrons. The van der Waals surface area contributed by atoms with Crippen LogP contribution in [-0.4, -0.2) is 30.8 Å². The standard InChI is InChI=1S/C19H20ClNO4/c1-24-16-5-6-17-13(11-16)10-15(7-8-25-17)21-19(23)18(22)12-3-2-4-14(20)9-12/h2-6,9,11,15,18,22H,7-8,10H2,1H3,(H,21,23). The minimum atomic E-state index is -1.26. The average molecular weight is 362 g/mol. The second kappa shape index (κ2) is 7.76. The fraction of sp³-hybridized carbons (Fsp3) is 0.316. The van der Waals surface area contributed by atoms with Crippen LogP contribution in [0.4, 0.5) is 0 Å². The Kier molecular flexibility index (Phi) is 5.46. The van der Waals surface area contributed by atoms with E-state index in [1.54, 1.807) is 31.4 Å². The monoisotopic (exact) mass is 361 g/mol. The Bertz CT molecular complexity index is 765. The average Bonchev–Trinajstić information content (AvgIpc) is 2.81. The van der Waals surface area contributed by atoms with E-state index in [9.17, 15) is 9.90 Å². The summed E-state index contributed by atoms with van der Waals surface area (Å²) in [5.41, 5.74) is 1.44. The molecule has 0 aromatic heterocycles. The molecule has 0 radical (unpaired) electrons. The lowest BCUT2D eigenvalue weighted by Gasteiger charge is -2.19. The first-order valence-electron chi connectivity index (χ1n) is 8.10. The van der Waals surface area contributed by atoms with Gasteiger partial charge in [0.2, 0.25) is 0 Å². The van der Waals surface area contributed by atoms with E-state index in [0.717, 1.165) is 17.1 Å². The summed E-state index contributed by atoms with van der Waals surface area (Å²) in [6.07, 6.45) is 0.0126. The Hall–Kier alpha value is -2.24. The molecule has 0 spiro atoms. The molecule has 0 bridgehead atoms. The zero-order chi connectivity index (χ0) is 17.8. The first-order valence-corrected chi connectivity index (χ1v) is 8.48. The van der Waals surface area contributed by atoms with Gasteiger partial charge in [0, 0.05) is 17.5 Å². The Morgan fingerprint density at radius 1 is 1.36 bits per heavy atom. The van der Waals surface area contributed by atoms with Gasteiger partial charge in [-0.3, -0.25) is 4.79 Å². The minimum absolute atomic E-state index is 0.130. The van der Waals surface area contributed by atoms with E-state index in [-0.39, 0.29) is 6.04 Å². The van der Waals surface area contributed by atoms with Crippen molar-refractivity contribution in [3.63, 3.8) is 0 Å². The summed E-state index contributed by atoms with van der Waals surface area (Å²) in [7, 11) is 1.61. The van der Waals surface area contributed by atoms with Gasteiger partial charge >= 0.3 is 0 Å². The SMILES string of the molecule is COc1ccc2c(c1)CC(NC(=O)C(O)c1cccc(Cl)c1)CCO2. The molecule has 0 aliphatic carbocycles. The summed E-state index contributed by atoms with van der Waals surface area (Å²) in [6, 6.07) is 12.2. The largest absolute Gasteiger partial charge is 0.497 e. The number of amides is 1. The maximum atomic E-state index is 12.4. The maximum absolute atomic E-state index is 12.4. The van der Waals surface area contributed by atoms with Crippen molar-refractivity contribution >= 4 is 17.5 Å². The van der Waals surface area contributed by atoms with Crippen LogP contribution in [0.15, 0.2) is 42.5 Å². The van der Waals surface area contributed by atoms with Crippen LogP contribution in [-0.2, 0) is 11.2 Å². The molecule has 2 unspecified atom stereocenters. The van der Waals surface area contributed by atoms with Gasteiger partial charge in [-0.05, 0) is 47.9 Å². The van der Waals surface area contributed by atoms with Crippen molar-refractivity contribution in [3.8, 4) is 11.5 Å². The lowest BCUT2D eigenvalue weighted by atomic mass is 10.0. The Labute approximate surface area is 151 Å². The van der Waals surface area contributed by atoms with Crippen molar-refractivity contribution in [2.75, 3.05) is 13.7 Å². The van der Waals surface area contributed by atoms with Crippen molar-refractivity contribution in [1.29, 1.82) is 0 Å². The molecule has 1 heterocycles. The molecule has 3 rings (SSSR count). The van der Waals surface area contributed by atoms with Gasteiger partial charge in [-0.15, -0.1) is 0 Å². The van der Waals surface area contributed by atoms with E-state index >= 15 is 0 Å². The molecule has 1 aliphatic heterocycles. The summed E-state index contributed by atoms with van der Waals surface area (Å²) in [4.78, 5) is 12.4. The van der Waals surface area contributed by atoms with Crippen LogP contribution in [0.3, 0.4) is 0 Å². The zero-order valence-corrected chi connectivity index (χ0v) is 14.6. The number of aliphatic hydroxyl groups is 1. The molecule has 2 N–H and O–H groups in total. The number of aliphatic hydroxyl groups excluding tert-OH is 1. The number of carbonyl (C=O) groups excluding carboxylic acids is 1. The number of carbonyl (C=O) groups is 1. The predicted molar refractivity (Wildman–Crippen MR) is 95.2 cm³/mol. The number of methoxy groups -OCH3 is 1. The van der Waals surface area contributed by atoms with Crippen LogP contribution >= 0.6 is 11.6 Å². The van der Waals surface area contributed by atoms with E-state index < -0.39 is 12.0 Å². The first kappa shape index (κ1) is 17.6. The predicted octanol–water partition coefficient (Wildman–Crippen LogP) is 2.89. The molecule has 2 aromatic rings. The Balaban J connectivity index is 1.70. The fourth-order valence-corrected chi connectivity index (χ4v) is 3.09. The topological polar surface area (TPSA) is 67.8 Å². The van der Waals surface area contributed by atoms with E-state index in [0.29, 0.717) is 30.0 Å². The number of fused-ring (bicyclic) bond motifs is 1. The third-order valence-corrected chi connectivity index (χ3v) is 4.45. The molecular weight excluding hydrogens is 342 g/mol. The number of nitrogens with one attached hydrogen (secondary N) is 1. The molecule has 6 heteroatoms. The minimum Gasteiger partial charge on any atom is -0.497 e. The summed E-state index contributed by atoms with van der Waals surface area (Å²) in [6.45, 7) is 0.498. The second-order valence-corrected chi connectivity index (χ2v) is 6.41. The highest BCUT2D eigenvalue weighted by Gasteiger charge is 2.24. The molecule has 2 atom stereocenters. The van der Waals surface area contributed by atoms with Crippen LogP contribution in [0.2, 0.25) is 5.02 Å². The summed E-state index contributed by atoms with van der Waals surface area (Å²) in [5.74, 6) is 1.10. The quantitative estimate of drug-likeness (QED) is 0.878. The third-order valence-electron chi connectivity index (χ3n) is 4.22. The van der Waals surface area contributed by atoms with Crippen LogP contribution in [0.1, 0.15) is 23.7 Å². The van der Waals surface area contributed by atoms with Crippen molar-refractivity contribution in [1.82, 2.24) is 5.32 Å². The normalized spacial score (nSPS) is 17.6. The highest BCUT2D eigenvalue weighted by atomic mass is 35.5. The smallest absolute Gasteiger partial charge is 0.253 e. The van der Waals surface area contributed by atoms with E-state index in [1.165, 1.54) is 0 Å². The van der Waals surface area contributed by atoms with Crippen molar-refractivity contribution in [2.45, 2.75) is 25.0 Å². The van der Waals surface area contributed by atoms with Crippen LogP contribution in [0, 0.1) is 0 Å². The number of rotatable bonds is 4. The number of hydrogen-bond acceptors (Lipinski definition) is 4. The van der Waals surface area contributed by atoms with E-state index in [2.05, 4.69) is 5.32 Å². The summed E-state index contributed by atoms with van der Waals surface area (Å²) >= 11 is 5.92. The summed E-state index contributed by atoms with van der Waals surface area (Å²) < 4.78 is 11.0. The lowest BCUT2D eigenvalue weighted by molar-refractivity contribution is -0.130. The van der Waals surface area contributed by atoms with Gasteiger partial charge in [-0.1, -0.05) is 23.7 Å². The van der Waals surface area contributed by atoms with Crippen LogP contribution in [0.5, 0.6) is 11.5 Å². The van der Waals surface area contributed by atoms with E-state index in [4.69, 9.17) is 21.1 Å². The number of hydrogen-bond donors (Lipinski definition) is 2. The highest BCUT2D eigenvalue weighted by Crippen LogP contribution is 2.28. The summed E-state index contributed by atoms with van der Waals surface area (Å²) in [5, 5.41) is 13.7.